The van der Waals surface area contributed by atoms with Gasteiger partial charge in [-0.1, -0.05) is 11.6 Å². The lowest BCUT2D eigenvalue weighted by Gasteiger charge is -2.04. The van der Waals surface area contributed by atoms with Gasteiger partial charge in [0.05, 0.1) is 0 Å². The van der Waals surface area contributed by atoms with Gasteiger partial charge >= 0.3 is 6.03 Å². The molecule has 72 valence electrons. The van der Waals surface area contributed by atoms with Gasteiger partial charge in [-0.05, 0) is 5.87 Å². The van der Waals surface area contributed by atoms with Gasteiger partial charge in [-0.2, -0.15) is 0 Å². The lowest BCUT2D eigenvalue weighted by Crippen LogP contribution is -2.34. The van der Waals surface area contributed by atoms with Gasteiger partial charge in [0.2, 0.25) is 0 Å². The lowest BCUT2D eigenvalue weighted by molar-refractivity contribution is 0.254. The van der Waals surface area contributed by atoms with Crippen molar-refractivity contribution in [3.63, 3.8) is 0 Å². The van der Waals surface area contributed by atoms with Crippen molar-refractivity contribution in [2.24, 2.45) is 5.73 Å². The van der Waals surface area contributed by atoms with Gasteiger partial charge in [0.15, 0.2) is 4.34 Å². The summed E-state index contributed by atoms with van der Waals surface area (Å²) in [5, 5.41) is 1.70. The number of thiazole rings is 1. The molecule has 0 saturated carbocycles. The summed E-state index contributed by atoms with van der Waals surface area (Å²) in [4.78, 5) is 14.1. The maximum absolute atomic E-state index is 11.6. The second kappa shape index (κ2) is 3.52. The fourth-order valence-electron chi connectivity index (χ4n) is 0.597. The monoisotopic (exact) mass is 239 g/mol. The molecule has 0 fully saturated rings. The number of amides is 2. The molecule has 0 saturated heterocycles. The molecule has 0 aliphatic carbocycles. The maximum atomic E-state index is 11.6. The van der Waals surface area contributed by atoms with Crippen LogP contribution >= 0.6 is 22.9 Å². The number of primary amides is 1. The molecule has 0 aromatic carbocycles. The average molecular weight is 240 g/mol. The number of urea groups is 1. The minimum Gasteiger partial charge on any atom is -0.351 e. The summed E-state index contributed by atoms with van der Waals surface area (Å²) in [5.74, 6) is 3.30. The molecule has 1 heterocycles. The lowest BCUT2D eigenvalue weighted by atomic mass is 11.0. The number of hydrogen-bond acceptors (Lipinski definition) is 4. The fourth-order valence-corrected chi connectivity index (χ4v) is 2.87. The zero-order valence-electron chi connectivity index (χ0n) is 6.32. The molecule has 1 atom stereocenters. The molecule has 1 aromatic heterocycles. The highest BCUT2D eigenvalue weighted by Gasteiger charge is 2.13. The van der Waals surface area contributed by atoms with E-state index in [4.69, 9.17) is 17.3 Å². The maximum Gasteiger partial charge on any atom is 0.323 e. The van der Waals surface area contributed by atoms with E-state index in [1.54, 1.807) is 0 Å². The van der Waals surface area contributed by atoms with Crippen molar-refractivity contribution < 1.29 is 9.00 Å². The molecular formula is C5H6ClN3O2S2. The SMILES string of the molecule is C=S(=O)(NC(N)=O)c1nc(Cl)cs1. The van der Waals surface area contributed by atoms with E-state index in [9.17, 15) is 9.00 Å². The Labute approximate surface area is 84.1 Å². The van der Waals surface area contributed by atoms with Crippen LogP contribution in [-0.4, -0.2) is 21.1 Å². The molecule has 0 bridgehead atoms. The summed E-state index contributed by atoms with van der Waals surface area (Å²) in [5.41, 5.74) is 4.80. The first-order chi connectivity index (χ1) is 5.92. The van der Waals surface area contributed by atoms with E-state index in [-0.39, 0.29) is 9.49 Å². The summed E-state index contributed by atoms with van der Waals surface area (Å²) in [7, 11) is -2.94. The zero-order valence-corrected chi connectivity index (χ0v) is 8.71. The van der Waals surface area contributed by atoms with Gasteiger partial charge in [0.25, 0.3) is 0 Å². The third kappa shape index (κ3) is 2.58. The van der Waals surface area contributed by atoms with Crippen LogP contribution in [0.15, 0.2) is 9.72 Å². The van der Waals surface area contributed by atoms with Crippen LogP contribution in [0.3, 0.4) is 0 Å². The Hall–Kier alpha value is -0.790. The van der Waals surface area contributed by atoms with Crippen LogP contribution < -0.4 is 10.5 Å². The third-order valence-electron chi connectivity index (χ3n) is 1.00. The first-order valence-electron chi connectivity index (χ1n) is 2.97. The second-order valence-electron chi connectivity index (χ2n) is 2.08. The van der Waals surface area contributed by atoms with Crippen molar-refractivity contribution in [3.05, 3.63) is 10.5 Å². The summed E-state index contributed by atoms with van der Waals surface area (Å²) < 4.78 is 13.7. The zero-order chi connectivity index (χ0) is 10.1. The number of nitrogens with two attached hydrogens (primary N) is 1. The molecule has 1 unspecified atom stereocenters. The first-order valence-corrected chi connectivity index (χ1v) is 5.96. The van der Waals surface area contributed by atoms with Crippen molar-refractivity contribution in [1.82, 2.24) is 9.71 Å². The molecule has 0 spiro atoms. The molecule has 3 N–H and O–H groups in total. The average Bonchev–Trinajstić information content (AvgIpc) is 2.32. The van der Waals surface area contributed by atoms with Gasteiger partial charge in [0, 0.05) is 5.38 Å². The van der Waals surface area contributed by atoms with E-state index in [1.807, 2.05) is 4.72 Å². The number of aromatic nitrogens is 1. The summed E-state index contributed by atoms with van der Waals surface area (Å²) in [6.45, 7) is 0. The molecule has 0 radical (unpaired) electrons. The van der Waals surface area contributed by atoms with Crippen molar-refractivity contribution in [2.75, 3.05) is 0 Å². The minimum atomic E-state index is -2.94. The van der Waals surface area contributed by atoms with Crippen LogP contribution in [0.5, 0.6) is 0 Å². The van der Waals surface area contributed by atoms with Crippen LogP contribution in [0.4, 0.5) is 4.79 Å². The standard InChI is InChI=1S/C5H6ClN3O2S2/c1-13(11,9-4(7)10)5-8-3(6)2-12-5/h2H,1H2,(H3,7,9,10,11). The fraction of sp³-hybridized carbons (Fsp3) is 0. The Morgan fingerprint density at radius 3 is 2.85 bits per heavy atom. The normalized spacial score (nSPS) is 14.8. The quantitative estimate of drug-likeness (QED) is 0.735. The predicted molar refractivity (Wildman–Crippen MR) is 53.4 cm³/mol. The van der Waals surface area contributed by atoms with Gasteiger partial charge < -0.3 is 5.73 Å². The summed E-state index contributed by atoms with van der Waals surface area (Å²) in [6, 6.07) is -0.911. The Morgan fingerprint density at radius 2 is 2.46 bits per heavy atom. The highest BCUT2D eigenvalue weighted by molar-refractivity contribution is 8.00. The molecule has 0 aliphatic rings. The molecule has 5 nitrogen and oxygen atoms in total. The Balaban J connectivity index is 3.01. The molecule has 1 rings (SSSR count). The molecule has 0 aliphatic heterocycles. The second-order valence-corrected chi connectivity index (χ2v) is 5.52. The number of rotatable bonds is 2. The number of carbonyl (C=O) groups is 1. The van der Waals surface area contributed by atoms with E-state index < -0.39 is 15.7 Å². The largest absolute Gasteiger partial charge is 0.351 e. The van der Waals surface area contributed by atoms with Crippen LogP contribution in [0.2, 0.25) is 5.15 Å². The van der Waals surface area contributed by atoms with Crippen LogP contribution in [0, 0.1) is 0 Å². The van der Waals surface area contributed by atoms with Gasteiger partial charge in [-0.25, -0.2) is 14.0 Å². The van der Waals surface area contributed by atoms with Crippen molar-refractivity contribution in [3.8, 4) is 0 Å². The Morgan fingerprint density at radius 1 is 1.85 bits per heavy atom. The third-order valence-corrected chi connectivity index (χ3v) is 4.24. The molecular weight excluding hydrogens is 234 g/mol. The smallest absolute Gasteiger partial charge is 0.323 e. The molecule has 13 heavy (non-hydrogen) atoms. The number of hydrogen-bond donors (Lipinski definition) is 2. The van der Waals surface area contributed by atoms with Crippen LogP contribution in [0.1, 0.15) is 0 Å². The van der Waals surface area contributed by atoms with Crippen LogP contribution in [0.25, 0.3) is 0 Å². The predicted octanol–water partition coefficient (Wildman–Crippen LogP) is 0.455. The minimum absolute atomic E-state index is 0.149. The van der Waals surface area contributed by atoms with Crippen molar-refractivity contribution in [2.45, 2.75) is 4.34 Å². The highest BCUT2D eigenvalue weighted by atomic mass is 35.5. The highest BCUT2D eigenvalue weighted by Crippen LogP contribution is 2.18. The Kier molecular flexibility index (Phi) is 2.79. The van der Waals surface area contributed by atoms with Gasteiger partial charge in [-0.3, -0.25) is 4.72 Å². The van der Waals surface area contributed by atoms with Crippen molar-refractivity contribution >= 4 is 44.5 Å². The molecule has 1 aromatic rings. The first kappa shape index (κ1) is 10.3. The van der Waals surface area contributed by atoms with Gasteiger partial charge in [0.1, 0.15) is 14.9 Å². The number of carbonyl (C=O) groups excluding carboxylic acids is 1. The van der Waals surface area contributed by atoms with Crippen molar-refractivity contribution in [1.29, 1.82) is 0 Å². The number of halogens is 1. The van der Waals surface area contributed by atoms with E-state index in [0.717, 1.165) is 11.3 Å². The van der Waals surface area contributed by atoms with Gasteiger partial charge in [-0.15, -0.1) is 11.3 Å². The van der Waals surface area contributed by atoms with E-state index in [1.165, 1.54) is 5.38 Å². The Bertz CT molecular complexity index is 425. The van der Waals surface area contributed by atoms with E-state index in [0.29, 0.717) is 0 Å². The van der Waals surface area contributed by atoms with E-state index >= 15 is 0 Å². The summed E-state index contributed by atoms with van der Waals surface area (Å²) in [6.07, 6.45) is 0. The molecule has 8 heteroatoms. The van der Waals surface area contributed by atoms with Crippen LogP contribution in [-0.2, 0) is 9.71 Å². The number of nitrogens with zero attached hydrogens (tertiary/aromatic N) is 1. The summed E-state index contributed by atoms with van der Waals surface area (Å²) >= 11 is 6.55. The number of nitrogens with one attached hydrogen (secondary N) is 1. The molecule has 2 amide bonds. The van der Waals surface area contributed by atoms with E-state index in [2.05, 4.69) is 10.9 Å². The topological polar surface area (TPSA) is 85.1 Å².